The molecular weight excluding hydrogens is 747 g/mol. The van der Waals surface area contributed by atoms with Gasteiger partial charge in [0.25, 0.3) is 0 Å². The molecule has 294 valence electrons. The summed E-state index contributed by atoms with van der Waals surface area (Å²) in [5.41, 5.74) is 26.6. The summed E-state index contributed by atoms with van der Waals surface area (Å²) in [6, 6.07) is 76.1. The third kappa shape index (κ3) is 4.48. The first-order valence-corrected chi connectivity index (χ1v) is 22.1. The van der Waals surface area contributed by atoms with Crippen molar-refractivity contribution in [1.29, 1.82) is 0 Å². The van der Waals surface area contributed by atoms with Gasteiger partial charge >= 0.3 is 0 Å². The molecule has 0 N–H and O–H groups in total. The van der Waals surface area contributed by atoms with Gasteiger partial charge < -0.3 is 4.90 Å². The maximum atomic E-state index is 2.52. The molecule has 9 aromatic carbocycles. The smallest absolute Gasteiger partial charge is 0.0725 e. The minimum absolute atomic E-state index is 0.131. The number of anilines is 3. The molecule has 1 nitrogen and oxygen atoms in total. The number of rotatable bonds is 3. The van der Waals surface area contributed by atoms with Crippen molar-refractivity contribution in [2.24, 2.45) is 0 Å². The highest BCUT2D eigenvalue weighted by atomic mass is 15.1. The van der Waals surface area contributed by atoms with E-state index < -0.39 is 5.41 Å². The molecule has 1 heteroatoms. The highest BCUT2D eigenvalue weighted by molar-refractivity contribution is 5.99. The Balaban J connectivity index is 1.07. The van der Waals surface area contributed by atoms with Crippen molar-refractivity contribution in [2.75, 3.05) is 4.90 Å². The van der Waals surface area contributed by atoms with Crippen molar-refractivity contribution in [3.8, 4) is 55.6 Å². The lowest BCUT2D eigenvalue weighted by Crippen LogP contribution is -2.29. The number of fused-ring (bicyclic) bond motifs is 18. The zero-order valence-corrected chi connectivity index (χ0v) is 35.5. The highest BCUT2D eigenvalue weighted by Crippen LogP contribution is 2.62. The van der Waals surface area contributed by atoms with Crippen LogP contribution in [0.1, 0.15) is 72.2 Å². The summed E-state index contributed by atoms with van der Waals surface area (Å²) in [5, 5.41) is 0. The molecule has 13 rings (SSSR count). The third-order valence-corrected chi connectivity index (χ3v) is 15.1. The van der Waals surface area contributed by atoms with E-state index in [9.17, 15) is 0 Å². The molecule has 62 heavy (non-hydrogen) atoms. The van der Waals surface area contributed by atoms with E-state index in [0.717, 1.165) is 17.1 Å². The van der Waals surface area contributed by atoms with Crippen LogP contribution in [-0.2, 0) is 16.2 Å². The van der Waals surface area contributed by atoms with Gasteiger partial charge in [-0.05, 0) is 137 Å². The van der Waals surface area contributed by atoms with E-state index in [4.69, 9.17) is 0 Å². The molecule has 1 spiro atoms. The molecule has 0 aliphatic heterocycles. The topological polar surface area (TPSA) is 3.24 Å². The van der Waals surface area contributed by atoms with Gasteiger partial charge in [0.1, 0.15) is 0 Å². The van der Waals surface area contributed by atoms with Crippen LogP contribution in [0.15, 0.2) is 200 Å². The molecule has 0 saturated heterocycles. The van der Waals surface area contributed by atoms with Gasteiger partial charge in [0, 0.05) is 27.9 Å². The lowest BCUT2D eigenvalue weighted by molar-refractivity contribution is 0.660. The van der Waals surface area contributed by atoms with Gasteiger partial charge in [-0.1, -0.05) is 191 Å². The Hall–Kier alpha value is -7.22. The summed E-state index contributed by atoms with van der Waals surface area (Å²) >= 11 is 0. The number of hydrogen-bond acceptors (Lipinski definition) is 1. The van der Waals surface area contributed by atoms with E-state index >= 15 is 0 Å². The molecule has 9 aromatic rings. The quantitative estimate of drug-likeness (QED) is 0.172. The molecule has 0 bridgehead atoms. The van der Waals surface area contributed by atoms with E-state index in [1.807, 2.05) is 0 Å². The lowest BCUT2D eigenvalue weighted by Gasteiger charge is -2.35. The van der Waals surface area contributed by atoms with E-state index in [1.165, 1.54) is 100 Å². The van der Waals surface area contributed by atoms with E-state index in [2.05, 4.69) is 233 Å². The van der Waals surface area contributed by atoms with Gasteiger partial charge in [0.2, 0.25) is 0 Å². The van der Waals surface area contributed by atoms with Crippen LogP contribution in [0.25, 0.3) is 55.6 Å². The van der Waals surface area contributed by atoms with Gasteiger partial charge in [0.05, 0.1) is 5.41 Å². The molecule has 0 fully saturated rings. The third-order valence-electron chi connectivity index (χ3n) is 15.1. The van der Waals surface area contributed by atoms with Gasteiger partial charge in [-0.15, -0.1) is 0 Å². The lowest BCUT2D eigenvalue weighted by atomic mass is 9.66. The molecular formula is C61H45N. The molecule has 0 amide bonds. The van der Waals surface area contributed by atoms with Gasteiger partial charge in [0.15, 0.2) is 0 Å². The second kappa shape index (κ2) is 12.4. The standard InChI is InChI=1S/C61H45N/c1-59(2)51-23-11-5-18-43(51)48-33-30-39(36-57(48)59)62(40-31-34-49-44-19-6-12-24-52(44)60(3,4)58(49)37-40)38-29-32-41-42-17-7-13-25-53(42)61(56-28-16-10-22-47(56)50(41)35-38)54-26-14-8-20-45(54)46-21-9-15-27-55(46)61/h5-37H,1-4H3. The number of benzene rings is 9. The van der Waals surface area contributed by atoms with Crippen molar-refractivity contribution in [3.05, 3.63) is 245 Å². The largest absolute Gasteiger partial charge is 0.310 e. The summed E-state index contributed by atoms with van der Waals surface area (Å²) < 4.78 is 0. The van der Waals surface area contributed by atoms with E-state index in [0.29, 0.717) is 0 Å². The monoisotopic (exact) mass is 791 g/mol. The first-order chi connectivity index (χ1) is 30.3. The average Bonchev–Trinajstić information content (AvgIpc) is 3.80. The Kier molecular flexibility index (Phi) is 7.12. The predicted molar refractivity (Wildman–Crippen MR) is 258 cm³/mol. The Morgan fingerprint density at radius 3 is 0.919 bits per heavy atom. The van der Waals surface area contributed by atoms with Crippen LogP contribution in [0.5, 0.6) is 0 Å². The molecule has 0 saturated carbocycles. The second-order valence-electron chi connectivity index (χ2n) is 18.8. The first-order valence-electron chi connectivity index (χ1n) is 22.1. The van der Waals surface area contributed by atoms with Crippen LogP contribution >= 0.6 is 0 Å². The zero-order chi connectivity index (χ0) is 41.5. The Bertz CT molecular complexity index is 3220. The Morgan fingerprint density at radius 2 is 0.516 bits per heavy atom. The van der Waals surface area contributed by atoms with Crippen molar-refractivity contribution in [2.45, 2.75) is 43.9 Å². The Labute approximate surface area is 364 Å². The zero-order valence-electron chi connectivity index (χ0n) is 35.5. The first kappa shape index (κ1) is 35.5. The molecule has 4 aliphatic carbocycles. The summed E-state index contributed by atoms with van der Waals surface area (Å²) in [7, 11) is 0. The van der Waals surface area contributed by atoms with Gasteiger partial charge in [-0.2, -0.15) is 0 Å². The minimum Gasteiger partial charge on any atom is -0.310 e. The van der Waals surface area contributed by atoms with Crippen molar-refractivity contribution in [1.82, 2.24) is 0 Å². The second-order valence-corrected chi connectivity index (χ2v) is 18.8. The minimum atomic E-state index is -0.486. The molecule has 0 atom stereocenters. The fourth-order valence-corrected chi connectivity index (χ4v) is 12.3. The fourth-order valence-electron chi connectivity index (χ4n) is 12.3. The summed E-state index contributed by atoms with van der Waals surface area (Å²) in [4.78, 5) is 2.52. The van der Waals surface area contributed by atoms with Crippen LogP contribution in [0.4, 0.5) is 17.1 Å². The molecule has 0 heterocycles. The molecule has 0 radical (unpaired) electrons. The Morgan fingerprint density at radius 1 is 0.242 bits per heavy atom. The van der Waals surface area contributed by atoms with Crippen molar-refractivity contribution in [3.63, 3.8) is 0 Å². The van der Waals surface area contributed by atoms with E-state index in [1.54, 1.807) is 0 Å². The summed E-state index contributed by atoms with van der Waals surface area (Å²) in [6.07, 6.45) is 0. The predicted octanol–water partition coefficient (Wildman–Crippen LogP) is 15.8. The molecule has 4 aliphatic rings. The highest BCUT2D eigenvalue weighted by Gasteiger charge is 2.49. The fraction of sp³-hybridized carbons (Fsp3) is 0.115. The summed E-state index contributed by atoms with van der Waals surface area (Å²) in [5.74, 6) is 0. The van der Waals surface area contributed by atoms with Crippen molar-refractivity contribution >= 4 is 17.1 Å². The number of nitrogens with zero attached hydrogens (tertiary/aromatic N) is 1. The molecule has 0 aromatic heterocycles. The van der Waals surface area contributed by atoms with Crippen molar-refractivity contribution < 1.29 is 0 Å². The SMILES string of the molecule is CC1(C)c2ccccc2-c2ccc(N(c3ccc4c(c3)-c3ccccc3C3(c5ccccc5-4)c4ccccc4-c4ccccc43)c3ccc4c(c3)C(C)(C)c3ccccc3-4)cc21. The van der Waals surface area contributed by atoms with Gasteiger partial charge in [-0.3, -0.25) is 0 Å². The number of hydrogen-bond donors (Lipinski definition) is 0. The van der Waals surface area contributed by atoms with E-state index in [-0.39, 0.29) is 10.8 Å². The maximum Gasteiger partial charge on any atom is 0.0725 e. The van der Waals surface area contributed by atoms with Crippen LogP contribution in [0.3, 0.4) is 0 Å². The van der Waals surface area contributed by atoms with Crippen LogP contribution in [0, 0.1) is 0 Å². The van der Waals surface area contributed by atoms with Crippen LogP contribution in [0.2, 0.25) is 0 Å². The van der Waals surface area contributed by atoms with Crippen LogP contribution in [-0.4, -0.2) is 0 Å². The maximum absolute atomic E-state index is 2.52. The summed E-state index contributed by atoms with van der Waals surface area (Å²) in [6.45, 7) is 9.53. The van der Waals surface area contributed by atoms with Gasteiger partial charge in [-0.25, -0.2) is 0 Å². The van der Waals surface area contributed by atoms with Crippen LogP contribution < -0.4 is 4.90 Å². The normalized spacial score (nSPS) is 15.5. The molecule has 0 unspecified atom stereocenters. The average molecular weight is 792 g/mol.